The molecular formula is C16H23ClN4OS. The molecule has 2 aromatic rings. The van der Waals surface area contributed by atoms with Gasteiger partial charge in [0.15, 0.2) is 10.8 Å². The molecule has 7 heteroatoms. The van der Waals surface area contributed by atoms with Crippen LogP contribution >= 0.6 is 23.4 Å². The number of nitrogens with zero attached hydrogens (tertiary/aromatic N) is 2. The van der Waals surface area contributed by atoms with Gasteiger partial charge in [-0.3, -0.25) is 4.79 Å². The monoisotopic (exact) mass is 354 g/mol. The maximum absolute atomic E-state index is 12.0. The number of pyridine rings is 1. The van der Waals surface area contributed by atoms with E-state index in [0.717, 1.165) is 11.9 Å². The van der Waals surface area contributed by atoms with Crippen LogP contribution in [-0.2, 0) is 4.79 Å². The van der Waals surface area contributed by atoms with Crippen molar-refractivity contribution in [2.45, 2.75) is 57.1 Å². The summed E-state index contributed by atoms with van der Waals surface area (Å²) in [6, 6.07) is 2.00. The lowest BCUT2D eigenvalue weighted by Gasteiger charge is -2.13. The van der Waals surface area contributed by atoms with Gasteiger partial charge in [0.1, 0.15) is 0 Å². The van der Waals surface area contributed by atoms with E-state index in [-0.39, 0.29) is 11.9 Å². The van der Waals surface area contributed by atoms with Gasteiger partial charge in [-0.25, -0.2) is 9.97 Å². The van der Waals surface area contributed by atoms with E-state index in [1.807, 2.05) is 0 Å². The Kier molecular flexibility index (Phi) is 7.17. The molecule has 2 heterocycles. The van der Waals surface area contributed by atoms with E-state index in [9.17, 15) is 4.79 Å². The van der Waals surface area contributed by atoms with E-state index in [0.29, 0.717) is 21.6 Å². The molecule has 5 nitrogen and oxygen atoms in total. The lowest BCUT2D eigenvalue weighted by Crippen LogP contribution is -2.33. The highest BCUT2D eigenvalue weighted by molar-refractivity contribution is 7.99. The van der Waals surface area contributed by atoms with Crippen LogP contribution in [-0.4, -0.2) is 32.7 Å². The molecule has 2 aromatic heterocycles. The molecule has 1 amide bonds. The van der Waals surface area contributed by atoms with Crippen molar-refractivity contribution in [3.8, 4) is 0 Å². The van der Waals surface area contributed by atoms with Crippen molar-refractivity contribution in [2.75, 3.05) is 5.75 Å². The number of aromatic nitrogens is 3. The average molecular weight is 355 g/mol. The zero-order valence-electron chi connectivity index (χ0n) is 13.6. The molecule has 0 aromatic carbocycles. The second-order valence-corrected chi connectivity index (χ2v) is 7.07. The number of hydrogen-bond donors (Lipinski definition) is 2. The van der Waals surface area contributed by atoms with Crippen molar-refractivity contribution in [3.05, 3.63) is 17.3 Å². The molecule has 2 N–H and O–H groups in total. The van der Waals surface area contributed by atoms with Crippen LogP contribution in [0.3, 0.4) is 0 Å². The van der Waals surface area contributed by atoms with Crippen LogP contribution in [0.1, 0.15) is 46.0 Å². The van der Waals surface area contributed by atoms with Crippen LogP contribution < -0.4 is 5.32 Å². The number of fused-ring (bicyclic) bond motifs is 1. The van der Waals surface area contributed by atoms with Crippen LogP contribution in [0.15, 0.2) is 17.4 Å². The molecule has 23 heavy (non-hydrogen) atoms. The number of H-pyrrole nitrogens is 1. The molecule has 0 aliphatic carbocycles. The number of rotatable bonds is 9. The van der Waals surface area contributed by atoms with E-state index >= 15 is 0 Å². The number of amides is 1. The summed E-state index contributed by atoms with van der Waals surface area (Å²) in [6.07, 6.45) is 7.49. The van der Waals surface area contributed by atoms with Gasteiger partial charge >= 0.3 is 0 Å². The molecule has 0 saturated heterocycles. The number of carbonyl (C=O) groups excluding carboxylic acids is 1. The van der Waals surface area contributed by atoms with Crippen molar-refractivity contribution in [3.63, 3.8) is 0 Å². The Labute approximate surface area is 146 Å². The fourth-order valence-corrected chi connectivity index (χ4v) is 3.16. The summed E-state index contributed by atoms with van der Waals surface area (Å²) in [5.74, 6) is 0.372. The van der Waals surface area contributed by atoms with Gasteiger partial charge in [0.25, 0.3) is 0 Å². The second kappa shape index (κ2) is 9.13. The van der Waals surface area contributed by atoms with Gasteiger partial charge in [0.05, 0.1) is 16.3 Å². The second-order valence-electron chi connectivity index (χ2n) is 5.67. The molecular weight excluding hydrogens is 332 g/mol. The summed E-state index contributed by atoms with van der Waals surface area (Å²) < 4.78 is 0. The van der Waals surface area contributed by atoms with Crippen LogP contribution in [0, 0.1) is 0 Å². The number of imidazole rings is 1. The SMILES string of the molecule is CCCCCC[C@@H](C)NC(=O)CSc1nc2ncc(Cl)cc2[nH]1. The maximum atomic E-state index is 12.0. The Morgan fingerprint density at radius 1 is 1.43 bits per heavy atom. The Bertz CT molecular complexity index is 646. The number of aromatic amines is 1. The number of thioether (sulfide) groups is 1. The predicted octanol–water partition coefficient (Wildman–Crippen LogP) is 4.18. The minimum Gasteiger partial charge on any atom is -0.353 e. The highest BCUT2D eigenvalue weighted by Gasteiger charge is 2.10. The molecule has 0 radical (unpaired) electrons. The third-order valence-corrected chi connectivity index (χ3v) is 4.60. The van der Waals surface area contributed by atoms with Crippen molar-refractivity contribution in [1.82, 2.24) is 20.3 Å². The van der Waals surface area contributed by atoms with E-state index in [1.165, 1.54) is 37.4 Å². The number of halogens is 1. The van der Waals surface area contributed by atoms with Crippen molar-refractivity contribution in [2.24, 2.45) is 0 Å². The molecule has 2 rings (SSSR count). The molecule has 0 aliphatic rings. The summed E-state index contributed by atoms with van der Waals surface area (Å²) in [7, 11) is 0. The zero-order chi connectivity index (χ0) is 16.7. The van der Waals surface area contributed by atoms with Gasteiger partial charge in [0.2, 0.25) is 5.91 Å². The highest BCUT2D eigenvalue weighted by atomic mass is 35.5. The molecule has 0 aliphatic heterocycles. The van der Waals surface area contributed by atoms with Gasteiger partial charge in [-0.15, -0.1) is 0 Å². The van der Waals surface area contributed by atoms with Crippen molar-refractivity contribution < 1.29 is 4.79 Å². The average Bonchev–Trinajstić information content (AvgIpc) is 2.91. The first-order valence-corrected chi connectivity index (χ1v) is 9.38. The van der Waals surface area contributed by atoms with Crippen LogP contribution in [0.2, 0.25) is 5.02 Å². The number of hydrogen-bond acceptors (Lipinski definition) is 4. The minimum atomic E-state index is 0.0319. The zero-order valence-corrected chi connectivity index (χ0v) is 15.1. The Hall–Kier alpha value is -1.27. The molecule has 1 atom stereocenters. The summed E-state index contributed by atoms with van der Waals surface area (Å²) >= 11 is 7.27. The fourth-order valence-electron chi connectivity index (χ4n) is 2.32. The summed E-state index contributed by atoms with van der Waals surface area (Å²) in [5.41, 5.74) is 1.39. The molecule has 0 spiro atoms. The topological polar surface area (TPSA) is 70.7 Å². The third kappa shape index (κ3) is 6.03. The largest absolute Gasteiger partial charge is 0.353 e. The van der Waals surface area contributed by atoms with Crippen LogP contribution in [0.5, 0.6) is 0 Å². The predicted molar refractivity (Wildman–Crippen MR) is 96.0 cm³/mol. The first kappa shape index (κ1) is 18.1. The van der Waals surface area contributed by atoms with Gasteiger partial charge in [-0.2, -0.15) is 0 Å². The Balaban J connectivity index is 1.74. The quantitative estimate of drug-likeness (QED) is 0.523. The van der Waals surface area contributed by atoms with E-state index in [4.69, 9.17) is 11.6 Å². The van der Waals surface area contributed by atoms with Crippen LogP contribution in [0.4, 0.5) is 0 Å². The Morgan fingerprint density at radius 2 is 2.26 bits per heavy atom. The standard InChI is InChI=1S/C16H23ClN4OS/c1-3-4-5-6-7-11(2)19-14(22)10-23-16-20-13-8-12(17)9-18-15(13)21-16/h8-9,11H,3-7,10H2,1-2H3,(H,19,22)(H,18,20,21)/t11-/m1/s1. The maximum Gasteiger partial charge on any atom is 0.230 e. The van der Waals surface area contributed by atoms with E-state index < -0.39 is 0 Å². The lowest BCUT2D eigenvalue weighted by atomic mass is 10.1. The number of carbonyl (C=O) groups is 1. The van der Waals surface area contributed by atoms with Crippen LogP contribution in [0.25, 0.3) is 11.2 Å². The first-order valence-electron chi connectivity index (χ1n) is 8.02. The normalized spacial score (nSPS) is 12.5. The fraction of sp³-hybridized carbons (Fsp3) is 0.562. The Morgan fingerprint density at radius 3 is 3.04 bits per heavy atom. The summed E-state index contributed by atoms with van der Waals surface area (Å²) in [6.45, 7) is 4.26. The third-order valence-electron chi connectivity index (χ3n) is 3.52. The van der Waals surface area contributed by atoms with Crippen molar-refractivity contribution >= 4 is 40.4 Å². The van der Waals surface area contributed by atoms with Gasteiger partial charge in [0, 0.05) is 12.2 Å². The highest BCUT2D eigenvalue weighted by Crippen LogP contribution is 2.20. The molecule has 0 saturated carbocycles. The van der Waals surface area contributed by atoms with Gasteiger partial charge < -0.3 is 10.3 Å². The molecule has 0 bridgehead atoms. The molecule has 0 fully saturated rings. The van der Waals surface area contributed by atoms with E-state index in [1.54, 1.807) is 12.3 Å². The first-order chi connectivity index (χ1) is 11.1. The van der Waals surface area contributed by atoms with Gasteiger partial charge in [-0.1, -0.05) is 56.0 Å². The summed E-state index contributed by atoms with van der Waals surface area (Å²) in [4.78, 5) is 23.6. The molecule has 126 valence electrons. The minimum absolute atomic E-state index is 0.0319. The number of nitrogens with one attached hydrogen (secondary N) is 2. The smallest absolute Gasteiger partial charge is 0.230 e. The molecule has 0 unspecified atom stereocenters. The van der Waals surface area contributed by atoms with E-state index in [2.05, 4.69) is 34.1 Å². The van der Waals surface area contributed by atoms with Crippen molar-refractivity contribution in [1.29, 1.82) is 0 Å². The van der Waals surface area contributed by atoms with Gasteiger partial charge in [-0.05, 0) is 19.4 Å². The lowest BCUT2D eigenvalue weighted by molar-refractivity contribution is -0.119. The number of unbranched alkanes of at least 4 members (excludes halogenated alkanes) is 3. The summed E-state index contributed by atoms with van der Waals surface area (Å²) in [5, 5.41) is 4.28.